The molecular formula is C12H15FN2O. The van der Waals surface area contributed by atoms with E-state index in [4.69, 9.17) is 5.73 Å². The number of likely N-dealkylation sites (tertiary alicyclic amines) is 1. The van der Waals surface area contributed by atoms with Crippen LogP contribution in [0.5, 0.6) is 0 Å². The second-order valence-electron chi connectivity index (χ2n) is 4.21. The fraction of sp³-hybridized carbons (Fsp3) is 0.417. The normalized spacial score (nSPS) is 21.2. The van der Waals surface area contributed by atoms with E-state index in [9.17, 15) is 9.18 Å². The van der Waals surface area contributed by atoms with Crippen LogP contribution in [-0.4, -0.2) is 36.4 Å². The average Bonchev–Trinajstić information content (AvgIpc) is 2.65. The van der Waals surface area contributed by atoms with E-state index in [2.05, 4.69) is 0 Å². The van der Waals surface area contributed by atoms with Crippen LogP contribution in [0.15, 0.2) is 24.3 Å². The maximum absolute atomic E-state index is 12.7. The minimum absolute atomic E-state index is 0.0223. The molecule has 16 heavy (non-hydrogen) atoms. The van der Waals surface area contributed by atoms with Gasteiger partial charge in [0.15, 0.2) is 5.78 Å². The summed E-state index contributed by atoms with van der Waals surface area (Å²) in [6.07, 6.45) is 0.941. The summed E-state index contributed by atoms with van der Waals surface area (Å²) in [6.45, 7) is 2.01. The molecule has 0 amide bonds. The van der Waals surface area contributed by atoms with Crippen molar-refractivity contribution in [1.82, 2.24) is 4.90 Å². The number of hydrogen-bond donors (Lipinski definition) is 1. The van der Waals surface area contributed by atoms with Gasteiger partial charge in [-0.3, -0.25) is 9.69 Å². The van der Waals surface area contributed by atoms with Crippen molar-refractivity contribution in [2.45, 2.75) is 12.5 Å². The quantitative estimate of drug-likeness (QED) is 0.777. The molecule has 1 aromatic rings. The van der Waals surface area contributed by atoms with Gasteiger partial charge in [-0.05, 0) is 30.7 Å². The first-order valence-electron chi connectivity index (χ1n) is 5.42. The molecule has 1 aliphatic rings. The Morgan fingerprint density at radius 3 is 2.69 bits per heavy atom. The highest BCUT2D eigenvalue weighted by Crippen LogP contribution is 2.09. The molecule has 0 bridgehead atoms. The molecule has 0 radical (unpaired) electrons. The molecule has 1 aromatic carbocycles. The van der Waals surface area contributed by atoms with Crippen molar-refractivity contribution in [2.24, 2.45) is 5.73 Å². The molecule has 1 fully saturated rings. The van der Waals surface area contributed by atoms with Crippen LogP contribution < -0.4 is 5.73 Å². The lowest BCUT2D eigenvalue weighted by Gasteiger charge is -2.13. The van der Waals surface area contributed by atoms with Crippen molar-refractivity contribution in [3.8, 4) is 0 Å². The number of carbonyl (C=O) groups is 1. The monoisotopic (exact) mass is 222 g/mol. The molecule has 3 nitrogen and oxygen atoms in total. The topological polar surface area (TPSA) is 46.3 Å². The summed E-state index contributed by atoms with van der Waals surface area (Å²) in [5.41, 5.74) is 6.31. The van der Waals surface area contributed by atoms with Crippen LogP contribution in [0.2, 0.25) is 0 Å². The molecule has 1 atom stereocenters. The maximum Gasteiger partial charge on any atom is 0.176 e. The molecular weight excluding hydrogens is 207 g/mol. The van der Waals surface area contributed by atoms with Gasteiger partial charge < -0.3 is 5.73 Å². The van der Waals surface area contributed by atoms with E-state index in [1.54, 1.807) is 0 Å². The molecule has 0 spiro atoms. The number of ketones is 1. The van der Waals surface area contributed by atoms with E-state index in [1.807, 2.05) is 4.90 Å². The first-order valence-corrected chi connectivity index (χ1v) is 5.42. The first-order chi connectivity index (χ1) is 7.65. The molecule has 86 valence electrons. The molecule has 0 saturated carbocycles. The second kappa shape index (κ2) is 4.72. The van der Waals surface area contributed by atoms with Crippen molar-refractivity contribution >= 4 is 5.78 Å². The largest absolute Gasteiger partial charge is 0.326 e. The average molecular weight is 222 g/mol. The molecule has 2 N–H and O–H groups in total. The summed E-state index contributed by atoms with van der Waals surface area (Å²) in [6, 6.07) is 5.84. The number of carbonyl (C=O) groups excluding carboxylic acids is 1. The van der Waals surface area contributed by atoms with Gasteiger partial charge in [0.1, 0.15) is 5.82 Å². The van der Waals surface area contributed by atoms with E-state index >= 15 is 0 Å². The highest BCUT2D eigenvalue weighted by molar-refractivity contribution is 5.97. The third kappa shape index (κ3) is 2.65. The Hall–Kier alpha value is -1.26. The highest BCUT2D eigenvalue weighted by Gasteiger charge is 2.21. The maximum atomic E-state index is 12.7. The van der Waals surface area contributed by atoms with Gasteiger partial charge in [-0.25, -0.2) is 4.39 Å². The van der Waals surface area contributed by atoms with Crippen molar-refractivity contribution < 1.29 is 9.18 Å². The molecule has 1 heterocycles. The summed E-state index contributed by atoms with van der Waals surface area (Å²) in [5, 5.41) is 0. The minimum atomic E-state index is -0.320. The van der Waals surface area contributed by atoms with Gasteiger partial charge in [-0.15, -0.1) is 0 Å². The van der Waals surface area contributed by atoms with Crippen LogP contribution in [0.1, 0.15) is 16.8 Å². The Labute approximate surface area is 94.0 Å². The summed E-state index contributed by atoms with van der Waals surface area (Å²) in [5.74, 6) is -0.297. The third-order valence-electron chi connectivity index (χ3n) is 2.84. The van der Waals surface area contributed by atoms with Crippen LogP contribution in [0.25, 0.3) is 0 Å². The van der Waals surface area contributed by atoms with Crippen LogP contribution in [-0.2, 0) is 0 Å². The smallest absolute Gasteiger partial charge is 0.176 e. The summed E-state index contributed by atoms with van der Waals surface area (Å²) >= 11 is 0. The molecule has 0 aromatic heterocycles. The lowest BCUT2D eigenvalue weighted by molar-refractivity contribution is 0.0945. The molecule has 4 heteroatoms. The van der Waals surface area contributed by atoms with E-state index in [-0.39, 0.29) is 17.6 Å². The predicted molar refractivity (Wildman–Crippen MR) is 59.8 cm³/mol. The molecule has 2 rings (SSSR count). The minimum Gasteiger partial charge on any atom is -0.326 e. The van der Waals surface area contributed by atoms with E-state index in [1.165, 1.54) is 24.3 Å². The number of halogens is 1. The van der Waals surface area contributed by atoms with Gasteiger partial charge in [0.05, 0.1) is 6.54 Å². The van der Waals surface area contributed by atoms with E-state index < -0.39 is 0 Å². The van der Waals surface area contributed by atoms with Crippen molar-refractivity contribution in [3.63, 3.8) is 0 Å². The van der Waals surface area contributed by atoms with Gasteiger partial charge in [-0.2, -0.15) is 0 Å². The van der Waals surface area contributed by atoms with Crippen LogP contribution >= 0.6 is 0 Å². The Morgan fingerprint density at radius 1 is 1.44 bits per heavy atom. The van der Waals surface area contributed by atoms with Crippen LogP contribution in [0.4, 0.5) is 4.39 Å². The van der Waals surface area contributed by atoms with Crippen molar-refractivity contribution in [1.29, 1.82) is 0 Å². The highest BCUT2D eigenvalue weighted by atomic mass is 19.1. The summed E-state index contributed by atoms with van der Waals surface area (Å²) in [7, 11) is 0. The number of rotatable bonds is 3. The first kappa shape index (κ1) is 11.2. The van der Waals surface area contributed by atoms with Crippen molar-refractivity contribution in [2.75, 3.05) is 19.6 Å². The summed E-state index contributed by atoms with van der Waals surface area (Å²) < 4.78 is 12.7. The van der Waals surface area contributed by atoms with Crippen molar-refractivity contribution in [3.05, 3.63) is 35.6 Å². The Morgan fingerprint density at radius 2 is 2.12 bits per heavy atom. The van der Waals surface area contributed by atoms with Gasteiger partial charge in [0.25, 0.3) is 0 Å². The van der Waals surface area contributed by atoms with Gasteiger partial charge in [0.2, 0.25) is 0 Å². The van der Waals surface area contributed by atoms with E-state index in [0.717, 1.165) is 19.5 Å². The number of Topliss-reactive ketones (excluding diaryl/α,β-unsaturated/α-hetero) is 1. The Bertz CT molecular complexity index is 377. The van der Waals surface area contributed by atoms with Gasteiger partial charge in [0, 0.05) is 24.7 Å². The molecule has 0 unspecified atom stereocenters. The summed E-state index contributed by atoms with van der Waals surface area (Å²) in [4.78, 5) is 13.9. The van der Waals surface area contributed by atoms with Gasteiger partial charge in [-0.1, -0.05) is 0 Å². The number of nitrogens with zero attached hydrogens (tertiary/aromatic N) is 1. The lowest BCUT2D eigenvalue weighted by Crippen LogP contribution is -2.31. The standard InChI is InChI=1S/C12H15FN2O/c13-10-3-1-9(2-4-10)12(16)8-15-6-5-11(14)7-15/h1-4,11H,5-8,14H2/t11-/m0/s1. The van der Waals surface area contributed by atoms with Crippen LogP contribution in [0.3, 0.4) is 0 Å². The third-order valence-corrected chi connectivity index (χ3v) is 2.84. The molecule has 1 saturated heterocycles. The zero-order chi connectivity index (χ0) is 11.5. The zero-order valence-corrected chi connectivity index (χ0v) is 9.03. The lowest BCUT2D eigenvalue weighted by atomic mass is 10.1. The SMILES string of the molecule is N[C@H]1CCN(CC(=O)c2ccc(F)cc2)C1. The fourth-order valence-electron chi connectivity index (χ4n) is 1.94. The molecule has 1 aliphatic heterocycles. The molecule has 0 aliphatic carbocycles. The number of hydrogen-bond acceptors (Lipinski definition) is 3. The number of nitrogens with two attached hydrogens (primary N) is 1. The van der Waals surface area contributed by atoms with Gasteiger partial charge >= 0.3 is 0 Å². The van der Waals surface area contributed by atoms with E-state index in [0.29, 0.717) is 12.1 Å². The fourth-order valence-corrected chi connectivity index (χ4v) is 1.94. The predicted octanol–water partition coefficient (Wildman–Crippen LogP) is 1.04. The second-order valence-corrected chi connectivity index (χ2v) is 4.21. The van der Waals surface area contributed by atoms with Crippen LogP contribution in [0, 0.1) is 5.82 Å². The Kier molecular flexibility index (Phi) is 3.31. The number of benzene rings is 1. The Balaban J connectivity index is 1.95. The zero-order valence-electron chi connectivity index (χ0n) is 9.03.